The Kier molecular flexibility index (Phi) is 8.09. The van der Waals surface area contributed by atoms with E-state index in [1.54, 1.807) is 23.5 Å². The molecule has 1 heterocycles. The molecule has 0 saturated heterocycles. The first-order valence-corrected chi connectivity index (χ1v) is 6.11. The summed E-state index contributed by atoms with van der Waals surface area (Å²) in [5.41, 5.74) is 0. The van der Waals surface area contributed by atoms with Gasteiger partial charge >= 0.3 is 29.6 Å². The zero-order valence-electron chi connectivity index (χ0n) is 5.27. The second-order valence-electron chi connectivity index (χ2n) is 1.40. The van der Waals surface area contributed by atoms with Crippen LogP contribution < -0.4 is 0 Å². The molecular weight excluding hydrogens is 227 g/mol. The van der Waals surface area contributed by atoms with Crippen molar-refractivity contribution in [3.63, 3.8) is 0 Å². The Morgan fingerprint density at radius 1 is 1.55 bits per heavy atom. The molecule has 0 aliphatic rings. The summed E-state index contributed by atoms with van der Waals surface area (Å²) in [5.74, 6) is 0. The minimum absolute atomic E-state index is 0. The fourth-order valence-electron chi connectivity index (χ4n) is 0.370. The van der Waals surface area contributed by atoms with Crippen molar-refractivity contribution in [2.45, 2.75) is 8.68 Å². The summed E-state index contributed by atoms with van der Waals surface area (Å²) in [7, 11) is 0. The van der Waals surface area contributed by atoms with Crippen LogP contribution in [0.4, 0.5) is 0 Å². The van der Waals surface area contributed by atoms with Gasteiger partial charge in [0, 0.05) is 5.08 Å². The van der Waals surface area contributed by atoms with E-state index < -0.39 is 0 Å². The Labute approximate surface area is 106 Å². The van der Waals surface area contributed by atoms with Gasteiger partial charge < -0.3 is 0 Å². The fraction of sp³-hybridized carbons (Fsp3) is 0.500. The minimum atomic E-state index is 0. The van der Waals surface area contributed by atoms with E-state index in [9.17, 15) is 0 Å². The summed E-state index contributed by atoms with van der Waals surface area (Å²) < 4.78 is 1.74. The molecule has 1 rings (SSSR count). The van der Waals surface area contributed by atoms with Crippen molar-refractivity contribution in [1.82, 2.24) is 10.2 Å². The molecule has 0 amide bonds. The SMILES string of the molecule is CSCSc1nnc(S)s1.[NaH]. The first kappa shape index (κ1) is 12.6. The maximum absolute atomic E-state index is 4.05. The van der Waals surface area contributed by atoms with E-state index in [0.717, 1.165) is 13.8 Å². The summed E-state index contributed by atoms with van der Waals surface area (Å²) in [6, 6.07) is 0. The Hall–Kier alpha value is 1.61. The average Bonchev–Trinajstić information content (AvgIpc) is 2.31. The van der Waals surface area contributed by atoms with E-state index in [0.29, 0.717) is 0 Å². The van der Waals surface area contributed by atoms with Gasteiger partial charge in [0.1, 0.15) is 0 Å². The van der Waals surface area contributed by atoms with Crippen LogP contribution in [0.2, 0.25) is 0 Å². The molecule has 0 aliphatic heterocycles. The van der Waals surface area contributed by atoms with Crippen LogP contribution in [-0.4, -0.2) is 51.1 Å². The third-order valence-electron chi connectivity index (χ3n) is 0.696. The van der Waals surface area contributed by atoms with Crippen LogP contribution in [0.1, 0.15) is 0 Å². The van der Waals surface area contributed by atoms with Crippen LogP contribution in [-0.2, 0) is 0 Å². The van der Waals surface area contributed by atoms with Crippen LogP contribution >= 0.6 is 47.5 Å². The van der Waals surface area contributed by atoms with Gasteiger partial charge in [-0.25, -0.2) is 0 Å². The molecule has 0 aromatic carbocycles. The van der Waals surface area contributed by atoms with Gasteiger partial charge in [-0.15, -0.1) is 22.8 Å². The molecule has 0 unspecified atom stereocenters. The zero-order chi connectivity index (χ0) is 7.40. The molecule has 0 N–H and O–H groups in total. The van der Waals surface area contributed by atoms with Gasteiger partial charge in [0.2, 0.25) is 0 Å². The van der Waals surface area contributed by atoms with Crippen molar-refractivity contribution in [3.8, 4) is 0 Å². The van der Waals surface area contributed by atoms with E-state index >= 15 is 0 Å². The van der Waals surface area contributed by atoms with Gasteiger partial charge in [-0.2, -0.15) is 11.8 Å². The van der Waals surface area contributed by atoms with Crippen LogP contribution in [0.5, 0.6) is 0 Å². The normalized spacial score (nSPS) is 9.27. The number of hydrogen-bond donors (Lipinski definition) is 1. The molecule has 0 aliphatic carbocycles. The van der Waals surface area contributed by atoms with Gasteiger partial charge in [-0.1, -0.05) is 23.1 Å². The van der Waals surface area contributed by atoms with E-state index in [1.165, 1.54) is 11.3 Å². The van der Waals surface area contributed by atoms with Gasteiger partial charge in [-0.05, 0) is 6.26 Å². The summed E-state index contributed by atoms with van der Waals surface area (Å²) in [4.78, 5) is 0. The Morgan fingerprint density at radius 3 is 2.73 bits per heavy atom. The Bertz CT molecular complexity index is 204. The van der Waals surface area contributed by atoms with E-state index in [-0.39, 0.29) is 29.6 Å². The molecule has 0 radical (unpaired) electrons. The van der Waals surface area contributed by atoms with Gasteiger partial charge in [0.15, 0.2) is 8.68 Å². The first-order chi connectivity index (χ1) is 4.83. The summed E-state index contributed by atoms with van der Waals surface area (Å²) >= 11 is 9.05. The molecule has 7 heteroatoms. The van der Waals surface area contributed by atoms with Crippen molar-refractivity contribution in [1.29, 1.82) is 0 Å². The Morgan fingerprint density at radius 2 is 2.27 bits per heavy atom. The van der Waals surface area contributed by atoms with Crippen LogP contribution in [0.25, 0.3) is 0 Å². The van der Waals surface area contributed by atoms with Crippen molar-refractivity contribution < 1.29 is 0 Å². The first-order valence-electron chi connectivity index (χ1n) is 2.47. The zero-order valence-corrected chi connectivity index (χ0v) is 8.62. The molecule has 2 nitrogen and oxygen atoms in total. The van der Waals surface area contributed by atoms with Crippen LogP contribution in [0.3, 0.4) is 0 Å². The monoisotopic (exact) mass is 234 g/mol. The third kappa shape index (κ3) is 5.02. The average molecular weight is 234 g/mol. The van der Waals surface area contributed by atoms with E-state index in [2.05, 4.69) is 29.1 Å². The maximum atomic E-state index is 4.05. The molecular formula is C4H7N2NaS4. The third-order valence-corrected chi connectivity index (χ3v) is 3.93. The Balaban J connectivity index is 0.000001000. The molecule has 0 fully saturated rings. The number of hydrogen-bond acceptors (Lipinski definition) is 6. The summed E-state index contributed by atoms with van der Waals surface area (Å²) in [6.07, 6.45) is 2.07. The predicted molar refractivity (Wildman–Crippen MR) is 58.5 cm³/mol. The molecule has 0 saturated carbocycles. The van der Waals surface area contributed by atoms with Gasteiger partial charge in [0.05, 0.1) is 0 Å². The molecule has 0 atom stereocenters. The van der Waals surface area contributed by atoms with Crippen molar-refractivity contribution in [2.75, 3.05) is 11.3 Å². The van der Waals surface area contributed by atoms with Crippen molar-refractivity contribution in [2.24, 2.45) is 0 Å². The number of thiol groups is 1. The standard InChI is InChI=1S/C4H6N2S4.Na.H/c1-8-2-9-4-6-5-3(7)10-4;;/h2H2,1H3,(H,5,7);;. The van der Waals surface area contributed by atoms with Crippen molar-refractivity contribution >= 4 is 77.0 Å². The summed E-state index contributed by atoms with van der Waals surface area (Å²) in [5, 5.41) is 8.70. The number of rotatable bonds is 3. The molecule has 1 aromatic heterocycles. The summed E-state index contributed by atoms with van der Waals surface area (Å²) in [6.45, 7) is 0. The topological polar surface area (TPSA) is 25.8 Å². The molecule has 0 bridgehead atoms. The molecule has 0 spiro atoms. The molecule has 11 heavy (non-hydrogen) atoms. The molecule has 1 aromatic rings. The molecule has 58 valence electrons. The van der Waals surface area contributed by atoms with Gasteiger partial charge in [-0.3, -0.25) is 0 Å². The van der Waals surface area contributed by atoms with Crippen LogP contribution in [0.15, 0.2) is 8.68 Å². The quantitative estimate of drug-likeness (QED) is 0.372. The van der Waals surface area contributed by atoms with Crippen LogP contribution in [0, 0.1) is 0 Å². The number of thioether (sulfide) groups is 2. The van der Waals surface area contributed by atoms with Crippen molar-refractivity contribution in [3.05, 3.63) is 0 Å². The van der Waals surface area contributed by atoms with E-state index in [1.807, 2.05) is 0 Å². The van der Waals surface area contributed by atoms with E-state index in [4.69, 9.17) is 0 Å². The second-order valence-corrected chi connectivity index (χ2v) is 5.56. The predicted octanol–water partition coefficient (Wildman–Crippen LogP) is 1.59. The van der Waals surface area contributed by atoms with Gasteiger partial charge in [0.25, 0.3) is 0 Å². The number of nitrogens with zero attached hydrogens (tertiary/aromatic N) is 2. The fourth-order valence-corrected chi connectivity index (χ4v) is 3.06. The number of aromatic nitrogens is 2. The second kappa shape index (κ2) is 7.06.